The summed E-state index contributed by atoms with van der Waals surface area (Å²) in [5.41, 5.74) is 2.09. The molecule has 1 spiro atoms. The van der Waals surface area contributed by atoms with Gasteiger partial charge in [0.25, 0.3) is 0 Å². The van der Waals surface area contributed by atoms with Crippen LogP contribution in [0.2, 0.25) is 0 Å². The zero-order valence-corrected chi connectivity index (χ0v) is 10.3. The standard InChI is InChI=1S/C16H13P/c1-2-6-14(7-3-1)17-15-9-8-13-5-4-11-16(13,17)12-10-15/h1-12,15H. The van der Waals surface area contributed by atoms with E-state index in [1.807, 2.05) is 0 Å². The summed E-state index contributed by atoms with van der Waals surface area (Å²) in [5, 5.41) is 1.72. The number of benzene rings is 1. The Morgan fingerprint density at radius 1 is 1.00 bits per heavy atom. The third kappa shape index (κ3) is 1.17. The van der Waals surface area contributed by atoms with Crippen LogP contribution in [0.1, 0.15) is 0 Å². The van der Waals surface area contributed by atoms with Crippen LogP contribution < -0.4 is 5.30 Å². The van der Waals surface area contributed by atoms with E-state index in [0.717, 1.165) is 0 Å². The van der Waals surface area contributed by atoms with Gasteiger partial charge in [0.1, 0.15) is 0 Å². The van der Waals surface area contributed by atoms with Crippen molar-refractivity contribution < 1.29 is 0 Å². The molecule has 0 saturated heterocycles. The Bertz CT molecular complexity index is 577. The molecule has 2 bridgehead atoms. The molecule has 1 aromatic rings. The van der Waals surface area contributed by atoms with Gasteiger partial charge in [0.2, 0.25) is 0 Å². The first-order valence-corrected chi connectivity index (χ1v) is 7.43. The molecular formula is C16H13P. The molecule has 1 heteroatoms. The maximum atomic E-state index is 2.42. The molecule has 0 radical (unpaired) electrons. The molecule has 4 rings (SSSR count). The van der Waals surface area contributed by atoms with Gasteiger partial charge in [-0.05, 0) is 18.8 Å². The van der Waals surface area contributed by atoms with Crippen molar-refractivity contribution in [2.45, 2.75) is 10.8 Å². The highest BCUT2D eigenvalue weighted by molar-refractivity contribution is 7.69. The predicted molar refractivity (Wildman–Crippen MR) is 75.0 cm³/mol. The Hall–Kier alpha value is -1.39. The Morgan fingerprint density at radius 2 is 1.88 bits per heavy atom. The molecule has 0 fully saturated rings. The topological polar surface area (TPSA) is 0 Å². The smallest absolute Gasteiger partial charge is 0.0563 e. The molecule has 0 amide bonds. The molecular weight excluding hydrogens is 223 g/mol. The van der Waals surface area contributed by atoms with Crippen molar-refractivity contribution in [1.29, 1.82) is 0 Å². The van der Waals surface area contributed by atoms with Crippen molar-refractivity contribution in [1.82, 2.24) is 0 Å². The lowest BCUT2D eigenvalue weighted by Crippen LogP contribution is -2.28. The SMILES string of the molecule is C1=CC23C=CC(C=CC2=C1)P3c1ccccc1. The fourth-order valence-corrected chi connectivity index (χ4v) is 6.27. The van der Waals surface area contributed by atoms with E-state index in [-0.39, 0.29) is 13.1 Å². The molecule has 2 aliphatic heterocycles. The highest BCUT2D eigenvalue weighted by Crippen LogP contribution is 2.66. The largest absolute Gasteiger partial charge is 0.0754 e. The normalized spacial score (nSPS) is 36.1. The van der Waals surface area contributed by atoms with E-state index in [4.69, 9.17) is 0 Å². The lowest BCUT2D eigenvalue weighted by atomic mass is 10.0. The van der Waals surface area contributed by atoms with Crippen LogP contribution in [0.15, 0.2) is 78.4 Å². The third-order valence-corrected chi connectivity index (χ3v) is 6.99. The van der Waals surface area contributed by atoms with Crippen LogP contribution >= 0.6 is 7.92 Å². The maximum absolute atomic E-state index is 2.42. The quantitative estimate of drug-likeness (QED) is 0.517. The van der Waals surface area contributed by atoms with Gasteiger partial charge in [0.15, 0.2) is 0 Å². The van der Waals surface area contributed by atoms with Gasteiger partial charge in [-0.3, -0.25) is 0 Å². The van der Waals surface area contributed by atoms with Gasteiger partial charge in [-0.2, -0.15) is 0 Å². The minimum atomic E-state index is -0.192. The summed E-state index contributed by atoms with van der Waals surface area (Å²) in [7, 11) is -0.192. The second-order valence-electron chi connectivity index (χ2n) is 4.72. The van der Waals surface area contributed by atoms with E-state index in [0.29, 0.717) is 5.66 Å². The van der Waals surface area contributed by atoms with Gasteiger partial charge in [-0.1, -0.05) is 72.9 Å². The van der Waals surface area contributed by atoms with Gasteiger partial charge >= 0.3 is 0 Å². The fourth-order valence-electron chi connectivity index (χ4n) is 3.07. The van der Waals surface area contributed by atoms with Crippen LogP contribution in [0, 0.1) is 0 Å². The first kappa shape index (κ1) is 9.62. The van der Waals surface area contributed by atoms with Crippen LogP contribution in [0.25, 0.3) is 0 Å². The van der Waals surface area contributed by atoms with Crippen LogP contribution in [0.5, 0.6) is 0 Å². The summed E-state index contributed by atoms with van der Waals surface area (Å²) in [6.45, 7) is 0. The summed E-state index contributed by atoms with van der Waals surface area (Å²) in [4.78, 5) is 0. The molecule has 82 valence electrons. The van der Waals surface area contributed by atoms with Crippen molar-refractivity contribution in [3.63, 3.8) is 0 Å². The third-order valence-electron chi connectivity index (χ3n) is 3.84. The average Bonchev–Trinajstić information content (AvgIpc) is 2.92. The highest BCUT2D eigenvalue weighted by Gasteiger charge is 2.47. The van der Waals surface area contributed by atoms with E-state index in [2.05, 4.69) is 72.9 Å². The number of hydrogen-bond donors (Lipinski definition) is 0. The Labute approximate surface area is 103 Å². The molecule has 3 atom stereocenters. The number of allylic oxidation sites excluding steroid dienone is 8. The van der Waals surface area contributed by atoms with Crippen LogP contribution in [0.3, 0.4) is 0 Å². The minimum absolute atomic E-state index is 0.192. The Kier molecular flexibility index (Phi) is 1.87. The summed E-state index contributed by atoms with van der Waals surface area (Å²) in [5.74, 6) is 0. The van der Waals surface area contributed by atoms with E-state index in [9.17, 15) is 0 Å². The summed E-state index contributed by atoms with van der Waals surface area (Å²) in [6, 6.07) is 11.0. The van der Waals surface area contributed by atoms with E-state index < -0.39 is 0 Å². The van der Waals surface area contributed by atoms with Gasteiger partial charge in [0, 0.05) is 5.66 Å². The van der Waals surface area contributed by atoms with E-state index in [1.165, 1.54) is 10.9 Å². The molecule has 0 nitrogen and oxygen atoms in total. The van der Waals surface area contributed by atoms with Gasteiger partial charge < -0.3 is 0 Å². The highest BCUT2D eigenvalue weighted by atomic mass is 31.1. The zero-order chi connectivity index (χ0) is 11.3. The number of rotatable bonds is 1. The monoisotopic (exact) mass is 236 g/mol. The second kappa shape index (κ2) is 3.31. The molecule has 17 heavy (non-hydrogen) atoms. The van der Waals surface area contributed by atoms with E-state index >= 15 is 0 Å². The van der Waals surface area contributed by atoms with Crippen molar-refractivity contribution in [2.75, 3.05) is 0 Å². The summed E-state index contributed by atoms with van der Waals surface area (Å²) in [6.07, 6.45) is 16.4. The van der Waals surface area contributed by atoms with Crippen LogP contribution in [-0.2, 0) is 0 Å². The van der Waals surface area contributed by atoms with Crippen molar-refractivity contribution >= 4 is 13.2 Å². The van der Waals surface area contributed by atoms with E-state index in [1.54, 1.807) is 0 Å². The first-order chi connectivity index (χ1) is 8.40. The molecule has 0 aromatic heterocycles. The Balaban J connectivity index is 1.92. The molecule has 0 N–H and O–H groups in total. The van der Waals surface area contributed by atoms with Gasteiger partial charge in [-0.15, -0.1) is 0 Å². The average molecular weight is 236 g/mol. The second-order valence-corrected chi connectivity index (χ2v) is 7.31. The van der Waals surface area contributed by atoms with Crippen molar-refractivity contribution in [3.05, 3.63) is 78.4 Å². The molecule has 3 unspecified atom stereocenters. The minimum Gasteiger partial charge on any atom is -0.0754 e. The number of hydrogen-bond acceptors (Lipinski definition) is 0. The predicted octanol–water partition coefficient (Wildman–Crippen LogP) is 3.54. The maximum Gasteiger partial charge on any atom is 0.0563 e. The molecule has 1 aromatic carbocycles. The Morgan fingerprint density at radius 3 is 2.76 bits per heavy atom. The van der Waals surface area contributed by atoms with Gasteiger partial charge in [0.05, 0.1) is 5.16 Å². The lowest BCUT2D eigenvalue weighted by Gasteiger charge is -2.37. The molecule has 2 heterocycles. The zero-order valence-electron chi connectivity index (χ0n) is 9.45. The summed E-state index contributed by atoms with van der Waals surface area (Å²) >= 11 is 0. The number of fused-ring (bicyclic) bond motifs is 1. The molecule has 0 saturated carbocycles. The van der Waals surface area contributed by atoms with Crippen LogP contribution in [0.4, 0.5) is 0 Å². The summed E-state index contributed by atoms with van der Waals surface area (Å²) < 4.78 is 0. The molecule has 3 aliphatic rings. The lowest BCUT2D eigenvalue weighted by molar-refractivity contribution is 1.08. The fraction of sp³-hybridized carbons (Fsp3) is 0.125. The van der Waals surface area contributed by atoms with Crippen molar-refractivity contribution in [3.8, 4) is 0 Å². The van der Waals surface area contributed by atoms with Crippen molar-refractivity contribution in [2.24, 2.45) is 0 Å². The first-order valence-electron chi connectivity index (χ1n) is 6.02. The van der Waals surface area contributed by atoms with Crippen LogP contribution in [-0.4, -0.2) is 10.8 Å². The molecule has 1 aliphatic carbocycles. The van der Waals surface area contributed by atoms with Gasteiger partial charge in [-0.25, -0.2) is 0 Å².